The predicted molar refractivity (Wildman–Crippen MR) is 106 cm³/mol. The van der Waals surface area contributed by atoms with Crippen LogP contribution >= 0.6 is 0 Å². The maximum absolute atomic E-state index is 11.4. The first-order chi connectivity index (χ1) is 14.0. The van der Waals surface area contributed by atoms with Crippen LogP contribution in [-0.2, 0) is 28.5 Å². The second kappa shape index (κ2) is 10.0. The zero-order chi connectivity index (χ0) is 20.6. The van der Waals surface area contributed by atoms with E-state index in [1.807, 2.05) is 60.7 Å². The van der Waals surface area contributed by atoms with Gasteiger partial charge < -0.3 is 18.9 Å². The quantitative estimate of drug-likeness (QED) is 0.526. The molecule has 0 unspecified atom stereocenters. The van der Waals surface area contributed by atoms with Crippen LogP contribution < -0.4 is 0 Å². The number of benzene rings is 2. The first kappa shape index (κ1) is 20.8. The molecule has 2 aromatic carbocycles. The molecule has 3 atom stereocenters. The smallest absolute Gasteiger partial charge is 0.303 e. The lowest BCUT2D eigenvalue weighted by atomic mass is 10.0. The van der Waals surface area contributed by atoms with E-state index in [9.17, 15) is 9.59 Å². The Balaban J connectivity index is 1.80. The van der Waals surface area contributed by atoms with Crippen LogP contribution in [0.4, 0.5) is 0 Å². The summed E-state index contributed by atoms with van der Waals surface area (Å²) in [6, 6.07) is 19.6. The van der Waals surface area contributed by atoms with Gasteiger partial charge >= 0.3 is 11.9 Å². The van der Waals surface area contributed by atoms with Crippen LogP contribution in [0.1, 0.15) is 31.1 Å². The molecule has 0 amide bonds. The SMILES string of the molecule is CC(=O)OC[C@H]1O[C@H](OC(c2ccccc2)c2ccccc2)C=C[C@@H]1OC(C)=O. The Labute approximate surface area is 170 Å². The molecule has 1 heterocycles. The van der Waals surface area contributed by atoms with Crippen LogP contribution in [0, 0.1) is 0 Å². The highest BCUT2D eigenvalue weighted by atomic mass is 16.7. The monoisotopic (exact) mass is 396 g/mol. The van der Waals surface area contributed by atoms with Gasteiger partial charge in [-0.2, -0.15) is 0 Å². The van der Waals surface area contributed by atoms with Crippen LogP contribution in [0.2, 0.25) is 0 Å². The number of ether oxygens (including phenoxy) is 4. The predicted octanol–water partition coefficient (Wildman–Crippen LogP) is 3.57. The van der Waals surface area contributed by atoms with Crippen molar-refractivity contribution in [1.29, 1.82) is 0 Å². The average Bonchev–Trinajstić information content (AvgIpc) is 2.72. The molecule has 0 bridgehead atoms. The van der Waals surface area contributed by atoms with Crippen molar-refractivity contribution < 1.29 is 28.5 Å². The Bertz CT molecular complexity index is 793. The van der Waals surface area contributed by atoms with Gasteiger partial charge in [-0.15, -0.1) is 0 Å². The molecule has 0 aromatic heterocycles. The summed E-state index contributed by atoms with van der Waals surface area (Å²) in [7, 11) is 0. The molecule has 0 radical (unpaired) electrons. The van der Waals surface area contributed by atoms with E-state index in [0.29, 0.717) is 0 Å². The van der Waals surface area contributed by atoms with Gasteiger partial charge in [0, 0.05) is 13.8 Å². The maximum atomic E-state index is 11.4. The number of hydrogen-bond donors (Lipinski definition) is 0. The molecular weight excluding hydrogens is 372 g/mol. The molecule has 0 saturated carbocycles. The molecule has 0 fully saturated rings. The topological polar surface area (TPSA) is 71.1 Å². The summed E-state index contributed by atoms with van der Waals surface area (Å²) in [5, 5.41) is 0. The number of esters is 2. The van der Waals surface area contributed by atoms with Crippen molar-refractivity contribution in [2.45, 2.75) is 38.4 Å². The van der Waals surface area contributed by atoms with E-state index >= 15 is 0 Å². The second-order valence-electron chi connectivity index (χ2n) is 6.64. The number of carbonyl (C=O) groups is 2. The lowest BCUT2D eigenvalue weighted by Gasteiger charge is -2.33. The summed E-state index contributed by atoms with van der Waals surface area (Å²) in [6.07, 6.45) is 1.04. The van der Waals surface area contributed by atoms with Crippen LogP contribution in [0.3, 0.4) is 0 Å². The molecule has 0 aliphatic carbocycles. The first-order valence-corrected chi connectivity index (χ1v) is 9.42. The summed E-state index contributed by atoms with van der Waals surface area (Å²) in [5.41, 5.74) is 1.96. The highest BCUT2D eigenvalue weighted by Gasteiger charge is 2.32. The summed E-state index contributed by atoms with van der Waals surface area (Å²) in [4.78, 5) is 22.6. The van der Waals surface area contributed by atoms with Crippen LogP contribution in [0.15, 0.2) is 72.8 Å². The van der Waals surface area contributed by atoms with E-state index in [2.05, 4.69) is 0 Å². The van der Waals surface area contributed by atoms with Crippen molar-refractivity contribution in [2.24, 2.45) is 0 Å². The molecule has 6 heteroatoms. The Hall–Kier alpha value is -2.96. The van der Waals surface area contributed by atoms with Gasteiger partial charge in [-0.05, 0) is 23.3 Å². The minimum atomic E-state index is -0.701. The highest BCUT2D eigenvalue weighted by Crippen LogP contribution is 2.30. The van der Waals surface area contributed by atoms with E-state index in [0.717, 1.165) is 11.1 Å². The van der Waals surface area contributed by atoms with Crippen molar-refractivity contribution in [3.8, 4) is 0 Å². The zero-order valence-electron chi connectivity index (χ0n) is 16.4. The summed E-state index contributed by atoms with van der Waals surface area (Å²) in [6.45, 7) is 2.59. The molecule has 29 heavy (non-hydrogen) atoms. The van der Waals surface area contributed by atoms with E-state index in [1.54, 1.807) is 12.2 Å². The summed E-state index contributed by atoms with van der Waals surface area (Å²) in [5.74, 6) is -0.879. The molecule has 3 rings (SSSR count). The third-order valence-electron chi connectivity index (χ3n) is 4.36. The van der Waals surface area contributed by atoms with Gasteiger partial charge in [0.25, 0.3) is 0 Å². The van der Waals surface area contributed by atoms with Crippen LogP contribution in [-0.4, -0.2) is 37.0 Å². The van der Waals surface area contributed by atoms with E-state index in [4.69, 9.17) is 18.9 Å². The lowest BCUT2D eigenvalue weighted by Crippen LogP contribution is -2.42. The fourth-order valence-electron chi connectivity index (χ4n) is 3.08. The third kappa shape index (κ3) is 6.01. The van der Waals surface area contributed by atoms with E-state index < -0.39 is 30.4 Å². The summed E-state index contributed by atoms with van der Waals surface area (Å²) >= 11 is 0. The number of carbonyl (C=O) groups excluding carboxylic acids is 2. The van der Waals surface area contributed by atoms with Crippen molar-refractivity contribution >= 4 is 11.9 Å². The minimum absolute atomic E-state index is 0.0428. The van der Waals surface area contributed by atoms with Gasteiger partial charge in [-0.1, -0.05) is 60.7 Å². The average molecular weight is 396 g/mol. The van der Waals surface area contributed by atoms with Gasteiger partial charge in [0.2, 0.25) is 0 Å². The van der Waals surface area contributed by atoms with Crippen LogP contribution in [0.25, 0.3) is 0 Å². The molecule has 0 spiro atoms. The summed E-state index contributed by atoms with van der Waals surface area (Å²) < 4.78 is 22.6. The largest absolute Gasteiger partial charge is 0.463 e. The standard InChI is InChI=1S/C23H24O6/c1-16(24)26-15-21-20(27-17(2)25)13-14-22(28-21)29-23(18-9-5-3-6-10-18)19-11-7-4-8-12-19/h3-14,20-23H,15H2,1-2H3/t20-,21+,22+/m0/s1. The Morgan fingerprint density at radius 3 is 2.00 bits per heavy atom. The van der Waals surface area contributed by atoms with Gasteiger partial charge in [-0.25, -0.2) is 0 Å². The molecule has 152 valence electrons. The van der Waals surface area contributed by atoms with E-state index in [1.165, 1.54) is 13.8 Å². The Morgan fingerprint density at radius 2 is 1.48 bits per heavy atom. The van der Waals surface area contributed by atoms with Crippen molar-refractivity contribution in [3.63, 3.8) is 0 Å². The lowest BCUT2D eigenvalue weighted by molar-refractivity contribution is -0.206. The first-order valence-electron chi connectivity index (χ1n) is 9.42. The third-order valence-corrected chi connectivity index (χ3v) is 4.36. The van der Waals surface area contributed by atoms with Gasteiger partial charge in [-0.3, -0.25) is 9.59 Å². The second-order valence-corrected chi connectivity index (χ2v) is 6.64. The fraction of sp³-hybridized carbons (Fsp3) is 0.304. The molecule has 0 saturated heterocycles. The van der Waals surface area contributed by atoms with Gasteiger partial charge in [0.1, 0.15) is 24.9 Å². The Kier molecular flexibility index (Phi) is 7.16. The van der Waals surface area contributed by atoms with Gasteiger partial charge in [0.05, 0.1) is 0 Å². The molecule has 0 N–H and O–H groups in total. The Morgan fingerprint density at radius 1 is 0.897 bits per heavy atom. The van der Waals surface area contributed by atoms with Gasteiger partial charge in [0.15, 0.2) is 6.29 Å². The van der Waals surface area contributed by atoms with Crippen molar-refractivity contribution in [3.05, 3.63) is 83.9 Å². The number of rotatable bonds is 7. The van der Waals surface area contributed by atoms with E-state index in [-0.39, 0.29) is 12.7 Å². The minimum Gasteiger partial charge on any atom is -0.463 e. The highest BCUT2D eigenvalue weighted by molar-refractivity contribution is 5.66. The molecule has 1 aliphatic heterocycles. The molecule has 6 nitrogen and oxygen atoms in total. The number of hydrogen-bond acceptors (Lipinski definition) is 6. The van der Waals surface area contributed by atoms with Crippen molar-refractivity contribution in [2.75, 3.05) is 6.61 Å². The van der Waals surface area contributed by atoms with Crippen LogP contribution in [0.5, 0.6) is 0 Å². The maximum Gasteiger partial charge on any atom is 0.303 e. The molecule has 2 aromatic rings. The normalized spacial score (nSPS) is 21.0. The fourth-order valence-corrected chi connectivity index (χ4v) is 3.08. The molecule has 1 aliphatic rings. The zero-order valence-corrected chi connectivity index (χ0v) is 16.4. The van der Waals surface area contributed by atoms with Crippen molar-refractivity contribution in [1.82, 2.24) is 0 Å². The molecular formula is C23H24O6.